The van der Waals surface area contributed by atoms with Gasteiger partial charge in [0, 0.05) is 11.8 Å². The number of fused-ring (bicyclic) bond motifs is 2. The standard InChI is InChI=1S/C27H32FN5O7.C26H30FN5O8/c1-7-17-21(40-18(34)10-38-26(37)16-8-13(4)15(6)14(5)9-16)19(28)25(39-17)33-11-29-20-22(33)30-27(32-24(20)36)31-23(35)12(2)3;1-11(2)22(35)30-26-29-21-19(23(36)31-26)28-10-32(21)24-18(27)20(16(8-33)39-24)40-17(34)9-38-25(37)15-6-12(3)14(5)13(4)7-15/h8-9,11-12,17,19,21,25H,7,10H2,1-6H3,(H2,30,31,32,35,36);6-7,10-11,16,18,20,24,33H,8-9H2,1-5H3,(H2,29,30,31,35,36). The first-order valence-electron chi connectivity index (χ1n) is 25.5. The summed E-state index contributed by atoms with van der Waals surface area (Å²) in [6.07, 6.45) is -9.07. The number of carbonyl (C=O) groups excluding carboxylic acids is 6. The summed E-state index contributed by atoms with van der Waals surface area (Å²) in [6.45, 7) is 17.5. The Kier molecular flexibility index (Phi) is 18.4. The Morgan fingerprint density at radius 2 is 1.00 bits per heavy atom. The van der Waals surface area contributed by atoms with E-state index in [0.717, 1.165) is 44.3 Å². The zero-order chi connectivity index (χ0) is 58.6. The topological polar surface area (TPSA) is 329 Å². The minimum atomic E-state index is -2.02. The van der Waals surface area contributed by atoms with Crippen molar-refractivity contribution in [1.29, 1.82) is 0 Å². The number of anilines is 2. The molecule has 5 N–H and O–H groups in total. The smallest absolute Gasteiger partial charge is 0.344 e. The summed E-state index contributed by atoms with van der Waals surface area (Å²) in [4.78, 5) is 120. The third-order valence-corrected chi connectivity index (χ3v) is 13.6. The van der Waals surface area contributed by atoms with Crippen LogP contribution in [0.15, 0.2) is 46.5 Å². The Morgan fingerprint density at radius 3 is 1.35 bits per heavy atom. The largest absolute Gasteiger partial charge is 0.454 e. The van der Waals surface area contributed by atoms with Gasteiger partial charge in [0.2, 0.25) is 23.7 Å². The lowest BCUT2D eigenvalue weighted by molar-refractivity contribution is -0.158. The number of H-pyrrole nitrogens is 2. The molecule has 4 aromatic heterocycles. The lowest BCUT2D eigenvalue weighted by atomic mass is 10.0. The van der Waals surface area contributed by atoms with E-state index < -0.39 is 116 Å². The van der Waals surface area contributed by atoms with E-state index >= 15 is 8.78 Å². The van der Waals surface area contributed by atoms with E-state index in [1.165, 1.54) is 10.9 Å². The number of ether oxygens (including phenoxy) is 6. The monoisotopic (exact) mass is 1120 g/mol. The van der Waals surface area contributed by atoms with Gasteiger partial charge in [-0.25, -0.2) is 37.9 Å². The van der Waals surface area contributed by atoms with Gasteiger partial charge in [-0.15, -0.1) is 0 Å². The van der Waals surface area contributed by atoms with Crippen LogP contribution in [0.4, 0.5) is 20.7 Å². The summed E-state index contributed by atoms with van der Waals surface area (Å²) >= 11 is 0. The van der Waals surface area contributed by atoms with Gasteiger partial charge in [-0.2, -0.15) is 9.97 Å². The van der Waals surface area contributed by atoms with Crippen molar-refractivity contribution in [1.82, 2.24) is 39.0 Å². The number of amides is 2. The molecule has 2 fully saturated rings. The first kappa shape index (κ1) is 59.4. The molecule has 428 valence electrons. The first-order chi connectivity index (χ1) is 37.8. The van der Waals surface area contributed by atoms with Gasteiger partial charge in [0.1, 0.15) is 12.2 Å². The molecule has 2 saturated heterocycles. The highest BCUT2D eigenvalue weighted by Crippen LogP contribution is 2.37. The Labute approximate surface area is 455 Å². The first-order valence-corrected chi connectivity index (χ1v) is 25.5. The second kappa shape index (κ2) is 24.8. The molecule has 2 aliphatic rings. The molecule has 0 aliphatic carbocycles. The lowest BCUT2D eigenvalue weighted by Gasteiger charge is -2.18. The Morgan fingerprint density at radius 1 is 0.637 bits per heavy atom. The SMILES string of the molecule is CCC1OC(n2cnc3c(=O)[nH]c(NC(=O)C(C)C)nc32)C(F)C1OC(=O)COC(=O)c1cc(C)c(C)c(C)c1.Cc1cc(C(=O)OCC(=O)OC2C(CO)OC(n3cnc4c(=O)[nH]c(NC(=O)C(C)C)nc43)C2F)cc(C)c1C. The molecule has 2 amide bonds. The highest BCUT2D eigenvalue weighted by atomic mass is 19.1. The number of benzene rings is 2. The Hall–Kier alpha value is -8.30. The maximum Gasteiger partial charge on any atom is 0.344 e. The molecular formula is C53H62F2N10O15. The second-order valence-electron chi connectivity index (χ2n) is 19.9. The van der Waals surface area contributed by atoms with E-state index in [2.05, 4.69) is 40.5 Å². The quantitative estimate of drug-likeness (QED) is 0.0648. The van der Waals surface area contributed by atoms with Crippen molar-refractivity contribution in [2.24, 2.45) is 11.8 Å². The fourth-order valence-corrected chi connectivity index (χ4v) is 8.55. The summed E-state index contributed by atoms with van der Waals surface area (Å²) in [5.41, 5.74) is 4.55. The molecule has 25 nitrogen and oxygen atoms in total. The second-order valence-corrected chi connectivity index (χ2v) is 19.9. The van der Waals surface area contributed by atoms with Crippen molar-refractivity contribution in [2.75, 3.05) is 30.5 Å². The predicted octanol–water partition coefficient (Wildman–Crippen LogP) is 4.69. The van der Waals surface area contributed by atoms with Crippen molar-refractivity contribution in [3.05, 3.63) is 102 Å². The van der Waals surface area contributed by atoms with Crippen LogP contribution in [0.25, 0.3) is 22.3 Å². The zero-order valence-corrected chi connectivity index (χ0v) is 45.7. The van der Waals surface area contributed by atoms with Crippen molar-refractivity contribution < 1.29 is 71.1 Å². The average molecular weight is 1120 g/mol. The molecule has 2 aliphatic heterocycles. The number of rotatable bonds is 16. The van der Waals surface area contributed by atoms with Crippen molar-refractivity contribution >= 4 is 69.9 Å². The number of aryl methyl sites for hydroxylation is 4. The fourth-order valence-electron chi connectivity index (χ4n) is 8.55. The molecule has 8 atom stereocenters. The van der Waals surface area contributed by atoms with Crippen LogP contribution in [0.2, 0.25) is 0 Å². The van der Waals surface area contributed by atoms with Crippen LogP contribution in [-0.4, -0.2) is 136 Å². The van der Waals surface area contributed by atoms with E-state index in [4.69, 9.17) is 28.4 Å². The summed E-state index contributed by atoms with van der Waals surface area (Å²) in [5, 5.41) is 14.7. The van der Waals surface area contributed by atoms with Gasteiger partial charge in [-0.05, 0) is 106 Å². The molecule has 2 aromatic carbocycles. The molecule has 6 aromatic rings. The van der Waals surface area contributed by atoms with Gasteiger partial charge in [-0.3, -0.25) is 48.9 Å². The maximum atomic E-state index is 15.7. The number of imidazole rings is 2. The molecule has 0 spiro atoms. The maximum absolute atomic E-state index is 15.7. The molecule has 8 rings (SSSR count). The van der Waals surface area contributed by atoms with Crippen LogP contribution < -0.4 is 21.8 Å². The van der Waals surface area contributed by atoms with Crippen LogP contribution in [-0.2, 0) is 47.6 Å². The summed E-state index contributed by atoms with van der Waals surface area (Å²) < 4.78 is 65.8. The van der Waals surface area contributed by atoms with Crippen molar-refractivity contribution in [3.8, 4) is 0 Å². The Balaban J connectivity index is 0.000000231. The van der Waals surface area contributed by atoms with E-state index in [-0.39, 0.29) is 51.6 Å². The number of nitrogens with zero attached hydrogens (tertiary/aromatic N) is 6. The number of aromatic nitrogens is 8. The number of alkyl halides is 2. The molecular weight excluding hydrogens is 1050 g/mol. The zero-order valence-electron chi connectivity index (χ0n) is 45.7. The number of nitrogens with one attached hydrogen (secondary N) is 4. The van der Waals surface area contributed by atoms with E-state index in [1.54, 1.807) is 58.9 Å². The minimum absolute atomic E-state index is 0.0186. The van der Waals surface area contributed by atoms with Gasteiger partial charge < -0.3 is 33.5 Å². The number of hydrogen-bond acceptors (Lipinski definition) is 19. The molecule has 6 heterocycles. The van der Waals surface area contributed by atoms with Crippen LogP contribution >= 0.6 is 0 Å². The fraction of sp³-hybridized carbons (Fsp3) is 0.472. The van der Waals surface area contributed by atoms with Crippen LogP contribution in [0, 0.1) is 53.4 Å². The van der Waals surface area contributed by atoms with E-state index in [9.17, 15) is 43.5 Å². The van der Waals surface area contributed by atoms with Gasteiger partial charge >= 0.3 is 23.9 Å². The number of esters is 4. The average Bonchev–Trinajstić information content (AvgIpc) is 4.34. The molecule has 0 radical (unpaired) electrons. The number of halogens is 2. The van der Waals surface area contributed by atoms with E-state index in [1.807, 2.05) is 41.5 Å². The van der Waals surface area contributed by atoms with Gasteiger partial charge in [-0.1, -0.05) is 34.6 Å². The molecule has 80 heavy (non-hydrogen) atoms. The number of aliphatic hydroxyl groups excluding tert-OH is 1. The summed E-state index contributed by atoms with van der Waals surface area (Å²) in [6, 6.07) is 6.62. The van der Waals surface area contributed by atoms with Crippen LogP contribution in [0.3, 0.4) is 0 Å². The summed E-state index contributed by atoms with van der Waals surface area (Å²) in [5.74, 6) is -5.28. The van der Waals surface area contributed by atoms with Gasteiger partial charge in [0.15, 0.2) is 72.5 Å². The number of hydrogen-bond donors (Lipinski definition) is 5. The number of carbonyl (C=O) groups is 6. The van der Waals surface area contributed by atoms with Gasteiger partial charge in [0.05, 0.1) is 30.4 Å². The van der Waals surface area contributed by atoms with Crippen LogP contribution in [0.5, 0.6) is 0 Å². The molecule has 0 bridgehead atoms. The lowest BCUT2D eigenvalue weighted by Crippen LogP contribution is -2.37. The predicted molar refractivity (Wildman–Crippen MR) is 280 cm³/mol. The van der Waals surface area contributed by atoms with Crippen molar-refractivity contribution in [3.63, 3.8) is 0 Å². The third-order valence-electron chi connectivity index (χ3n) is 13.6. The molecule has 0 saturated carbocycles. The number of aliphatic hydroxyl groups is 1. The Bertz CT molecular complexity index is 3210. The minimum Gasteiger partial charge on any atom is -0.454 e. The van der Waals surface area contributed by atoms with Gasteiger partial charge in [0.25, 0.3) is 11.1 Å². The summed E-state index contributed by atoms with van der Waals surface area (Å²) in [7, 11) is 0. The third kappa shape index (κ3) is 12.9. The highest BCUT2D eigenvalue weighted by molar-refractivity contribution is 5.93. The molecule has 27 heteroatoms. The number of aromatic amines is 2. The normalized spacial score (nSPS) is 20.6. The van der Waals surface area contributed by atoms with E-state index in [0.29, 0.717) is 12.0 Å². The van der Waals surface area contributed by atoms with Crippen LogP contribution in [0.1, 0.15) is 108 Å². The highest BCUT2D eigenvalue weighted by Gasteiger charge is 2.50. The van der Waals surface area contributed by atoms with Crippen molar-refractivity contribution in [2.45, 2.75) is 132 Å². The molecule has 8 unspecified atom stereocenters.